The van der Waals surface area contributed by atoms with Crippen molar-refractivity contribution in [2.75, 3.05) is 19.3 Å². The molecule has 0 saturated heterocycles. The lowest BCUT2D eigenvalue weighted by Crippen LogP contribution is -2.51. The van der Waals surface area contributed by atoms with Gasteiger partial charge in [0.05, 0.1) is 6.04 Å². The van der Waals surface area contributed by atoms with Crippen molar-refractivity contribution in [3.8, 4) is 11.1 Å². The first-order valence-corrected chi connectivity index (χ1v) is 13.2. The second kappa shape index (κ2) is 15.1. The zero-order valence-electron chi connectivity index (χ0n) is 23.2. The molecular formula is C29H36N8O5. The van der Waals surface area contributed by atoms with Crippen molar-refractivity contribution < 1.29 is 19.4 Å². The van der Waals surface area contributed by atoms with Crippen LogP contribution in [0.1, 0.15) is 19.1 Å². The van der Waals surface area contributed by atoms with Gasteiger partial charge >= 0.3 is 11.7 Å². The molecule has 1 amide bonds. The molecule has 1 aliphatic rings. The van der Waals surface area contributed by atoms with E-state index in [1.165, 1.54) is 40.4 Å². The Bertz CT molecular complexity index is 1390. The Morgan fingerprint density at radius 1 is 1.10 bits per heavy atom. The summed E-state index contributed by atoms with van der Waals surface area (Å²) in [6, 6.07) is 20.7. The lowest BCUT2D eigenvalue weighted by atomic mass is 10.1. The summed E-state index contributed by atoms with van der Waals surface area (Å²) in [6.45, 7) is 0.403. The third-order valence-electron chi connectivity index (χ3n) is 6.37. The van der Waals surface area contributed by atoms with E-state index in [9.17, 15) is 19.5 Å². The van der Waals surface area contributed by atoms with Crippen molar-refractivity contribution in [2.45, 2.75) is 37.3 Å². The van der Waals surface area contributed by atoms with Gasteiger partial charge in [-0.15, -0.1) is 0 Å². The normalized spacial score (nSPS) is 18.2. The predicted molar refractivity (Wildman–Crippen MR) is 159 cm³/mol. The van der Waals surface area contributed by atoms with Gasteiger partial charge in [0.25, 0.3) is 0 Å². The number of rotatable bonds is 9. The number of hydrogen-bond acceptors (Lipinski definition) is 8. The third kappa shape index (κ3) is 9.28. The number of carbonyl (C=O) groups is 2. The van der Waals surface area contributed by atoms with Gasteiger partial charge in [-0.05, 0) is 29.7 Å². The molecule has 2 aromatic carbocycles. The van der Waals surface area contributed by atoms with Gasteiger partial charge in [-0.3, -0.25) is 14.8 Å². The molecule has 9 N–H and O–H groups in total. The first-order valence-electron chi connectivity index (χ1n) is 13.2. The molecule has 3 aromatic rings. The van der Waals surface area contributed by atoms with E-state index in [2.05, 4.69) is 58.8 Å². The fraction of sp³-hybridized carbons (Fsp3) is 0.276. The summed E-state index contributed by atoms with van der Waals surface area (Å²) < 4.78 is 6.57. The third-order valence-corrected chi connectivity index (χ3v) is 6.37. The van der Waals surface area contributed by atoms with E-state index in [1.54, 1.807) is 7.05 Å². The minimum absolute atomic E-state index is 0.0294. The average Bonchev–Trinajstić information content (AvgIpc) is 2.97. The predicted octanol–water partition coefficient (Wildman–Crippen LogP) is 1.13. The van der Waals surface area contributed by atoms with Crippen LogP contribution in [0.2, 0.25) is 0 Å². The van der Waals surface area contributed by atoms with Crippen LogP contribution in [0.4, 0.5) is 5.82 Å². The molecule has 1 aliphatic heterocycles. The van der Waals surface area contributed by atoms with Crippen molar-refractivity contribution in [3.63, 3.8) is 0 Å². The number of nitrogens with one attached hydrogen (secondary N) is 2. The minimum atomic E-state index is -1.42. The van der Waals surface area contributed by atoms with Crippen LogP contribution in [0.15, 0.2) is 89.9 Å². The molecule has 0 fully saturated rings. The molecule has 0 bridgehead atoms. The molecule has 2 heterocycles. The second-order valence-corrected chi connectivity index (χ2v) is 9.60. The van der Waals surface area contributed by atoms with Gasteiger partial charge in [-0.2, -0.15) is 4.98 Å². The van der Waals surface area contributed by atoms with Gasteiger partial charge in [0.2, 0.25) is 5.91 Å². The molecule has 4 atom stereocenters. The number of amides is 1. The zero-order chi connectivity index (χ0) is 30.6. The number of hydrogen-bond donors (Lipinski definition) is 6. The van der Waals surface area contributed by atoms with Gasteiger partial charge in [0, 0.05) is 32.3 Å². The van der Waals surface area contributed by atoms with Crippen LogP contribution < -0.4 is 28.2 Å². The molecule has 13 heteroatoms. The largest absolute Gasteiger partial charge is 0.479 e. The highest BCUT2D eigenvalue weighted by Gasteiger charge is 2.35. The van der Waals surface area contributed by atoms with E-state index in [1.807, 2.05) is 12.1 Å². The topological polar surface area (TPSA) is 216 Å². The average molecular weight is 577 g/mol. The number of carbonyl (C=O) groups excluding carboxylic acids is 1. The first-order chi connectivity index (χ1) is 20.0. The van der Waals surface area contributed by atoms with E-state index in [0.717, 1.165) is 4.57 Å². The number of nitrogens with zero attached hydrogens (tertiary/aromatic N) is 3. The number of carboxylic acids is 1. The van der Waals surface area contributed by atoms with E-state index >= 15 is 0 Å². The van der Waals surface area contributed by atoms with Gasteiger partial charge < -0.3 is 37.3 Å². The fourth-order valence-electron chi connectivity index (χ4n) is 4.04. The van der Waals surface area contributed by atoms with Crippen molar-refractivity contribution in [3.05, 3.63) is 95.6 Å². The second-order valence-electron chi connectivity index (χ2n) is 9.60. The smallest absolute Gasteiger partial charge is 0.351 e. The molecule has 1 unspecified atom stereocenters. The molecule has 222 valence electrons. The first kappa shape index (κ1) is 31.5. The quantitative estimate of drug-likeness (QED) is 0.121. The number of aliphatic carboxylic acids is 1. The Kier molecular flexibility index (Phi) is 11.3. The molecule has 1 aromatic heterocycles. The van der Waals surface area contributed by atoms with E-state index in [-0.39, 0.29) is 18.2 Å². The van der Waals surface area contributed by atoms with Gasteiger partial charge in [0.15, 0.2) is 18.3 Å². The summed E-state index contributed by atoms with van der Waals surface area (Å²) in [5, 5.41) is 19.4. The maximum absolute atomic E-state index is 12.3. The summed E-state index contributed by atoms with van der Waals surface area (Å²) in [5.41, 5.74) is 18.6. The summed E-state index contributed by atoms with van der Waals surface area (Å²) in [5.74, 6) is -1.84. The summed E-state index contributed by atoms with van der Waals surface area (Å²) in [4.78, 5) is 40.9. The molecular weight excluding hydrogens is 540 g/mol. The molecule has 0 aliphatic carbocycles. The summed E-state index contributed by atoms with van der Waals surface area (Å²) in [6.07, 6.45) is 2.17. The van der Waals surface area contributed by atoms with E-state index < -0.39 is 42.0 Å². The molecule has 4 rings (SSSR count). The molecule has 0 spiro atoms. The standard InChI is InChI=1S/C17H26N8O5.C12H10/c1-24(16(20)21)6-4-9(18)8-12(26)22-10-2-3-13(30-14(10)15(27)28)25-7-5-11(19)23-17(25)29;1-3-7-11(8-4-1)12-9-5-2-6-10-12/h2-3,5,7,9-10,13-14H,4,6,8,18H2,1H3,(H3,20,21)(H,22,26)(H,27,28)(H2,19,23,29);1-10H/t9?,10-,13+,14-;/m0./s1. The van der Waals surface area contributed by atoms with Crippen LogP contribution in [0.25, 0.3) is 11.1 Å². The summed E-state index contributed by atoms with van der Waals surface area (Å²) >= 11 is 0. The maximum Gasteiger partial charge on any atom is 0.351 e. The number of guanidine groups is 1. The van der Waals surface area contributed by atoms with Crippen LogP contribution in [-0.4, -0.2) is 69.2 Å². The van der Waals surface area contributed by atoms with Crippen molar-refractivity contribution >= 4 is 23.7 Å². The van der Waals surface area contributed by atoms with Gasteiger partial charge in [0.1, 0.15) is 5.82 Å². The Balaban J connectivity index is 0.000000332. The van der Waals surface area contributed by atoms with Crippen LogP contribution >= 0.6 is 0 Å². The number of nitrogen functional groups attached to an aromatic ring is 1. The Hall–Kier alpha value is -5.01. The lowest BCUT2D eigenvalue weighted by molar-refractivity contribution is -0.159. The number of anilines is 1. The van der Waals surface area contributed by atoms with Crippen molar-refractivity contribution in [1.82, 2.24) is 19.8 Å². The zero-order valence-corrected chi connectivity index (χ0v) is 23.2. The Labute approximate surface area is 243 Å². The molecule has 0 saturated carbocycles. The minimum Gasteiger partial charge on any atom is -0.479 e. The number of aromatic nitrogens is 2. The molecule has 13 nitrogen and oxygen atoms in total. The number of ether oxygens (including phenoxy) is 1. The maximum atomic E-state index is 12.3. The number of benzene rings is 2. The number of nitrogens with two attached hydrogens (primary N) is 3. The van der Waals surface area contributed by atoms with E-state index in [4.69, 9.17) is 27.3 Å². The lowest BCUT2D eigenvalue weighted by Gasteiger charge is -2.31. The van der Waals surface area contributed by atoms with Crippen molar-refractivity contribution in [2.24, 2.45) is 11.5 Å². The fourth-order valence-corrected chi connectivity index (χ4v) is 4.04. The summed E-state index contributed by atoms with van der Waals surface area (Å²) in [7, 11) is 1.63. The van der Waals surface area contributed by atoms with Gasteiger partial charge in [-0.25, -0.2) is 9.59 Å². The molecule has 42 heavy (non-hydrogen) atoms. The van der Waals surface area contributed by atoms with Crippen molar-refractivity contribution in [1.29, 1.82) is 5.41 Å². The highest BCUT2D eigenvalue weighted by atomic mass is 16.5. The van der Waals surface area contributed by atoms with E-state index in [0.29, 0.717) is 13.0 Å². The Morgan fingerprint density at radius 3 is 2.21 bits per heavy atom. The van der Waals surface area contributed by atoms with Crippen LogP contribution in [0, 0.1) is 5.41 Å². The highest BCUT2D eigenvalue weighted by molar-refractivity contribution is 5.80. The SMILES string of the molecule is CN(CCC(N)CC(=O)N[C@H]1C=C[C@H](n2ccc(N)nc2=O)O[C@@H]1C(=O)O)C(=N)N.c1ccc(-c2ccccc2)cc1. The van der Waals surface area contributed by atoms with Crippen LogP contribution in [0.3, 0.4) is 0 Å². The monoisotopic (exact) mass is 576 g/mol. The Morgan fingerprint density at radius 2 is 1.69 bits per heavy atom. The van der Waals surface area contributed by atoms with Crippen LogP contribution in [-0.2, 0) is 14.3 Å². The highest BCUT2D eigenvalue weighted by Crippen LogP contribution is 2.21. The van der Waals surface area contributed by atoms with Gasteiger partial charge in [-0.1, -0.05) is 66.7 Å². The molecule has 0 radical (unpaired) electrons. The van der Waals surface area contributed by atoms with Crippen LogP contribution in [0.5, 0.6) is 0 Å². The number of carboxylic acid groups (broad SMARTS) is 1.